The van der Waals surface area contributed by atoms with Crippen LogP contribution in [0, 0.1) is 0 Å². The summed E-state index contributed by atoms with van der Waals surface area (Å²) in [6.07, 6.45) is -4.50. The summed E-state index contributed by atoms with van der Waals surface area (Å²) in [5.41, 5.74) is 0. The highest BCUT2D eigenvalue weighted by molar-refractivity contribution is 9.08. The van der Waals surface area contributed by atoms with E-state index in [-0.39, 0.29) is 5.82 Å². The Hall–Kier alpha value is -0.590. The van der Waals surface area contributed by atoms with Crippen LogP contribution in [0.4, 0.5) is 13.2 Å². The Morgan fingerprint density at radius 1 is 1.27 bits per heavy atom. The normalized spacial score (nSPS) is 12.1. The van der Waals surface area contributed by atoms with Gasteiger partial charge in [0.05, 0.1) is 5.33 Å². The molecule has 0 saturated heterocycles. The molecule has 1 aromatic rings. The number of hydrogen-bond acceptors (Lipinski definition) is 2. The summed E-state index contributed by atoms with van der Waals surface area (Å²) in [6, 6.07) is 0. The molecule has 0 radical (unpaired) electrons. The lowest BCUT2D eigenvalue weighted by Crippen LogP contribution is -2.17. The van der Waals surface area contributed by atoms with E-state index in [2.05, 4.69) is 26.1 Å². The van der Waals surface area contributed by atoms with Gasteiger partial charge in [-0.1, -0.05) is 22.9 Å². The van der Waals surface area contributed by atoms with Gasteiger partial charge in [-0.15, -0.1) is 10.2 Å². The van der Waals surface area contributed by atoms with Crippen molar-refractivity contribution in [2.24, 2.45) is 0 Å². The highest BCUT2D eigenvalue weighted by Gasteiger charge is 2.31. The van der Waals surface area contributed by atoms with Crippen LogP contribution in [0.3, 0.4) is 0 Å². The topological polar surface area (TPSA) is 30.7 Å². The molecule has 0 N–H and O–H groups in total. The zero-order valence-corrected chi connectivity index (χ0v) is 9.77. The van der Waals surface area contributed by atoms with Gasteiger partial charge in [0.1, 0.15) is 18.1 Å². The van der Waals surface area contributed by atoms with Crippen molar-refractivity contribution in [3.05, 3.63) is 11.6 Å². The van der Waals surface area contributed by atoms with Crippen molar-refractivity contribution in [2.45, 2.75) is 37.8 Å². The van der Waals surface area contributed by atoms with Crippen LogP contribution >= 0.6 is 15.9 Å². The average molecular weight is 286 g/mol. The predicted octanol–water partition coefficient (Wildman–Crippen LogP) is 2.69. The molecule has 0 bridgehead atoms. The minimum Gasteiger partial charge on any atom is -0.314 e. The van der Waals surface area contributed by atoms with Gasteiger partial charge in [0.2, 0.25) is 0 Å². The number of hydrogen-bond donors (Lipinski definition) is 0. The first-order valence-corrected chi connectivity index (χ1v) is 5.63. The maximum absolute atomic E-state index is 12.2. The fourth-order valence-corrected chi connectivity index (χ4v) is 1.68. The summed E-state index contributed by atoms with van der Waals surface area (Å²) in [5.74, 6) is 0.523. The monoisotopic (exact) mass is 285 g/mol. The predicted molar refractivity (Wildman–Crippen MR) is 52.7 cm³/mol. The number of alkyl halides is 4. The van der Waals surface area contributed by atoms with Crippen LogP contribution in [0.15, 0.2) is 0 Å². The van der Waals surface area contributed by atoms with Crippen molar-refractivity contribution in [3.63, 3.8) is 0 Å². The highest BCUT2D eigenvalue weighted by Crippen LogP contribution is 2.21. The summed E-state index contributed by atoms with van der Waals surface area (Å²) in [7, 11) is 0. The fraction of sp³-hybridized carbons (Fsp3) is 0.750. The first-order chi connectivity index (χ1) is 6.98. The summed E-state index contributed by atoms with van der Waals surface area (Å²) < 4.78 is 38.1. The lowest BCUT2D eigenvalue weighted by atomic mass is 10.3. The van der Waals surface area contributed by atoms with Gasteiger partial charge in [-0.25, -0.2) is 0 Å². The van der Waals surface area contributed by atoms with Crippen LogP contribution in [-0.2, 0) is 18.3 Å². The SMILES string of the molecule is CCCn1c(CBr)nnc1CC(F)(F)F. The minimum atomic E-state index is -4.23. The first kappa shape index (κ1) is 12.5. The molecule has 0 unspecified atom stereocenters. The zero-order valence-electron chi connectivity index (χ0n) is 8.18. The molecule has 0 aromatic carbocycles. The molecule has 15 heavy (non-hydrogen) atoms. The average Bonchev–Trinajstić information content (AvgIpc) is 2.47. The lowest BCUT2D eigenvalue weighted by Gasteiger charge is -2.09. The van der Waals surface area contributed by atoms with Crippen LogP contribution in [0.25, 0.3) is 0 Å². The number of nitrogens with zero attached hydrogens (tertiary/aromatic N) is 3. The molecular formula is C8H11BrF3N3. The van der Waals surface area contributed by atoms with Crippen molar-refractivity contribution in [1.29, 1.82) is 0 Å². The van der Waals surface area contributed by atoms with Crippen molar-refractivity contribution in [1.82, 2.24) is 14.8 Å². The Morgan fingerprint density at radius 2 is 1.87 bits per heavy atom. The molecule has 3 nitrogen and oxygen atoms in total. The van der Waals surface area contributed by atoms with Gasteiger partial charge >= 0.3 is 6.18 Å². The first-order valence-electron chi connectivity index (χ1n) is 4.51. The molecular weight excluding hydrogens is 275 g/mol. The van der Waals surface area contributed by atoms with E-state index in [1.165, 1.54) is 4.57 Å². The van der Waals surface area contributed by atoms with Gasteiger partial charge in [-0.2, -0.15) is 13.2 Å². The molecule has 0 saturated carbocycles. The highest BCUT2D eigenvalue weighted by atomic mass is 79.9. The summed E-state index contributed by atoms with van der Waals surface area (Å²) in [6.45, 7) is 2.41. The summed E-state index contributed by atoms with van der Waals surface area (Å²) >= 11 is 3.17. The summed E-state index contributed by atoms with van der Waals surface area (Å²) in [5, 5.41) is 7.67. The van der Waals surface area contributed by atoms with E-state index in [1.807, 2.05) is 6.92 Å². The van der Waals surface area contributed by atoms with E-state index in [9.17, 15) is 13.2 Å². The van der Waals surface area contributed by atoms with E-state index in [1.54, 1.807) is 0 Å². The van der Waals surface area contributed by atoms with Gasteiger partial charge in [0.25, 0.3) is 0 Å². The van der Waals surface area contributed by atoms with E-state index in [0.717, 1.165) is 6.42 Å². The Morgan fingerprint density at radius 3 is 2.33 bits per heavy atom. The van der Waals surface area contributed by atoms with Crippen LogP contribution in [-0.4, -0.2) is 20.9 Å². The molecule has 1 heterocycles. The largest absolute Gasteiger partial charge is 0.396 e. The standard InChI is InChI=1S/C8H11BrF3N3/c1-2-3-15-6(4-8(10,11)12)13-14-7(15)5-9/h2-5H2,1H3. The number of halogens is 4. The molecule has 0 fully saturated rings. The third kappa shape index (κ3) is 3.48. The van der Waals surface area contributed by atoms with Crippen molar-refractivity contribution >= 4 is 15.9 Å². The molecule has 1 aromatic heterocycles. The van der Waals surface area contributed by atoms with Gasteiger partial charge in [0, 0.05) is 6.54 Å². The van der Waals surface area contributed by atoms with Crippen LogP contribution in [0.2, 0.25) is 0 Å². The fourth-order valence-electron chi connectivity index (χ4n) is 1.26. The Kier molecular flexibility index (Phi) is 4.12. The van der Waals surface area contributed by atoms with E-state index < -0.39 is 12.6 Å². The molecule has 0 aliphatic rings. The third-order valence-corrected chi connectivity index (χ3v) is 2.33. The molecule has 7 heteroatoms. The van der Waals surface area contributed by atoms with Gasteiger partial charge in [0.15, 0.2) is 0 Å². The quantitative estimate of drug-likeness (QED) is 0.797. The second kappa shape index (κ2) is 4.96. The number of aromatic nitrogens is 3. The van der Waals surface area contributed by atoms with Crippen LogP contribution in [0.1, 0.15) is 25.0 Å². The zero-order chi connectivity index (χ0) is 11.5. The Bertz CT molecular complexity index is 321. The van der Waals surface area contributed by atoms with Crippen molar-refractivity contribution < 1.29 is 13.2 Å². The number of rotatable bonds is 4. The second-order valence-corrected chi connectivity index (χ2v) is 3.67. The van der Waals surface area contributed by atoms with Crippen molar-refractivity contribution in [2.75, 3.05) is 0 Å². The second-order valence-electron chi connectivity index (χ2n) is 3.11. The van der Waals surface area contributed by atoms with Gasteiger partial charge < -0.3 is 4.57 Å². The lowest BCUT2D eigenvalue weighted by molar-refractivity contribution is -0.129. The van der Waals surface area contributed by atoms with Crippen molar-refractivity contribution in [3.8, 4) is 0 Å². The van der Waals surface area contributed by atoms with E-state index in [4.69, 9.17) is 0 Å². The molecule has 0 amide bonds. The molecule has 0 spiro atoms. The molecule has 1 rings (SSSR count). The van der Waals surface area contributed by atoms with Gasteiger partial charge in [-0.3, -0.25) is 0 Å². The maximum atomic E-state index is 12.2. The third-order valence-electron chi connectivity index (χ3n) is 1.83. The molecule has 0 aliphatic carbocycles. The maximum Gasteiger partial charge on any atom is 0.396 e. The Balaban J connectivity index is 2.91. The Labute approximate surface area is 93.8 Å². The van der Waals surface area contributed by atoms with Crippen LogP contribution < -0.4 is 0 Å². The van der Waals surface area contributed by atoms with Crippen LogP contribution in [0.5, 0.6) is 0 Å². The molecule has 86 valence electrons. The molecule has 0 aliphatic heterocycles. The van der Waals surface area contributed by atoms with E-state index >= 15 is 0 Å². The van der Waals surface area contributed by atoms with Gasteiger partial charge in [-0.05, 0) is 6.42 Å². The van der Waals surface area contributed by atoms with E-state index in [0.29, 0.717) is 17.7 Å². The smallest absolute Gasteiger partial charge is 0.314 e. The minimum absolute atomic E-state index is 0.0150. The summed E-state index contributed by atoms with van der Waals surface area (Å²) in [4.78, 5) is 0. The molecule has 0 atom stereocenters.